The van der Waals surface area contributed by atoms with E-state index < -0.39 is 0 Å². The van der Waals surface area contributed by atoms with Crippen molar-refractivity contribution in [3.8, 4) is 11.5 Å². The predicted octanol–water partition coefficient (Wildman–Crippen LogP) is 6.03. The SMILES string of the molecule is C[C@H](NCCc1ccccc1Oc1ccc(Cl)cc1)c1ccccc1. The summed E-state index contributed by atoms with van der Waals surface area (Å²) in [4.78, 5) is 0. The normalized spacial score (nSPS) is 11.9. The summed E-state index contributed by atoms with van der Waals surface area (Å²) in [5.41, 5.74) is 2.48. The van der Waals surface area contributed by atoms with Crippen molar-refractivity contribution in [3.05, 3.63) is 95.0 Å². The minimum atomic E-state index is 0.325. The Morgan fingerprint density at radius 3 is 2.32 bits per heavy atom. The van der Waals surface area contributed by atoms with Crippen molar-refractivity contribution in [2.24, 2.45) is 0 Å². The molecule has 2 nitrogen and oxygen atoms in total. The van der Waals surface area contributed by atoms with E-state index in [9.17, 15) is 0 Å². The highest BCUT2D eigenvalue weighted by Gasteiger charge is 2.07. The Morgan fingerprint density at radius 1 is 0.880 bits per heavy atom. The number of hydrogen-bond donors (Lipinski definition) is 1. The zero-order valence-corrected chi connectivity index (χ0v) is 15.0. The first-order chi connectivity index (χ1) is 12.2. The summed E-state index contributed by atoms with van der Waals surface area (Å²) in [6.45, 7) is 3.07. The molecular formula is C22H22ClNO. The van der Waals surface area contributed by atoms with E-state index in [0.29, 0.717) is 11.1 Å². The Bertz CT molecular complexity index is 787. The Hall–Kier alpha value is -2.29. The van der Waals surface area contributed by atoms with Crippen LogP contribution in [0.15, 0.2) is 78.9 Å². The van der Waals surface area contributed by atoms with Gasteiger partial charge in [0.1, 0.15) is 11.5 Å². The standard InChI is InChI=1S/C22H22ClNO/c1-17(18-7-3-2-4-8-18)24-16-15-19-9-5-6-10-22(19)25-21-13-11-20(23)12-14-21/h2-14,17,24H,15-16H2,1H3/t17-/m0/s1. The lowest BCUT2D eigenvalue weighted by Crippen LogP contribution is -2.21. The van der Waals surface area contributed by atoms with Crippen LogP contribution >= 0.6 is 11.6 Å². The maximum atomic E-state index is 6.02. The maximum absolute atomic E-state index is 6.02. The number of halogens is 1. The maximum Gasteiger partial charge on any atom is 0.130 e. The highest BCUT2D eigenvalue weighted by Crippen LogP contribution is 2.26. The van der Waals surface area contributed by atoms with Crippen LogP contribution in [0.3, 0.4) is 0 Å². The van der Waals surface area contributed by atoms with Gasteiger partial charge in [0.05, 0.1) is 0 Å². The number of rotatable bonds is 7. The average Bonchev–Trinajstić information content (AvgIpc) is 2.65. The van der Waals surface area contributed by atoms with E-state index in [0.717, 1.165) is 24.5 Å². The summed E-state index contributed by atoms with van der Waals surface area (Å²) in [5, 5.41) is 4.28. The second-order valence-corrected chi connectivity index (χ2v) is 6.44. The van der Waals surface area contributed by atoms with Gasteiger partial charge in [-0.15, -0.1) is 0 Å². The van der Waals surface area contributed by atoms with Gasteiger partial charge in [0.2, 0.25) is 0 Å². The Balaban J connectivity index is 1.60. The molecule has 0 aromatic heterocycles. The summed E-state index contributed by atoms with van der Waals surface area (Å²) in [7, 11) is 0. The molecule has 0 saturated heterocycles. The monoisotopic (exact) mass is 351 g/mol. The van der Waals surface area contributed by atoms with Crippen molar-refractivity contribution in [2.45, 2.75) is 19.4 Å². The van der Waals surface area contributed by atoms with E-state index in [-0.39, 0.29) is 0 Å². The lowest BCUT2D eigenvalue weighted by atomic mass is 10.1. The quantitative estimate of drug-likeness (QED) is 0.561. The van der Waals surface area contributed by atoms with Crippen LogP contribution < -0.4 is 10.1 Å². The summed E-state index contributed by atoms with van der Waals surface area (Å²) < 4.78 is 6.02. The summed E-state index contributed by atoms with van der Waals surface area (Å²) >= 11 is 5.93. The van der Waals surface area contributed by atoms with Crippen LogP contribution in [0, 0.1) is 0 Å². The first-order valence-corrected chi connectivity index (χ1v) is 8.90. The number of para-hydroxylation sites is 1. The van der Waals surface area contributed by atoms with E-state index in [2.05, 4.69) is 42.6 Å². The van der Waals surface area contributed by atoms with Crippen LogP contribution in [0.4, 0.5) is 0 Å². The topological polar surface area (TPSA) is 21.3 Å². The summed E-state index contributed by atoms with van der Waals surface area (Å²) in [6.07, 6.45) is 0.904. The molecule has 0 aliphatic rings. The smallest absolute Gasteiger partial charge is 0.130 e. The minimum Gasteiger partial charge on any atom is -0.457 e. The third kappa shape index (κ3) is 5.09. The molecule has 25 heavy (non-hydrogen) atoms. The molecule has 3 heteroatoms. The minimum absolute atomic E-state index is 0.325. The highest BCUT2D eigenvalue weighted by molar-refractivity contribution is 6.30. The van der Waals surface area contributed by atoms with Gasteiger partial charge in [0, 0.05) is 11.1 Å². The molecule has 0 aliphatic carbocycles. The van der Waals surface area contributed by atoms with Gasteiger partial charge in [0.25, 0.3) is 0 Å². The summed E-state index contributed by atoms with van der Waals surface area (Å²) in [5.74, 6) is 1.68. The van der Waals surface area contributed by atoms with E-state index >= 15 is 0 Å². The van der Waals surface area contributed by atoms with Crippen LogP contribution in [-0.4, -0.2) is 6.54 Å². The van der Waals surface area contributed by atoms with Crippen LogP contribution in [0.2, 0.25) is 5.02 Å². The fourth-order valence-electron chi connectivity index (χ4n) is 2.72. The first-order valence-electron chi connectivity index (χ1n) is 8.52. The van der Waals surface area contributed by atoms with Crippen molar-refractivity contribution in [1.29, 1.82) is 0 Å². The highest BCUT2D eigenvalue weighted by atomic mass is 35.5. The molecule has 0 spiro atoms. The fraction of sp³-hybridized carbons (Fsp3) is 0.182. The molecule has 1 N–H and O–H groups in total. The van der Waals surface area contributed by atoms with Gasteiger partial charge >= 0.3 is 0 Å². The van der Waals surface area contributed by atoms with Crippen molar-refractivity contribution in [1.82, 2.24) is 5.32 Å². The molecule has 3 aromatic carbocycles. The van der Waals surface area contributed by atoms with E-state index in [4.69, 9.17) is 16.3 Å². The first kappa shape index (κ1) is 17.5. The molecular weight excluding hydrogens is 330 g/mol. The molecule has 1 atom stereocenters. The van der Waals surface area contributed by atoms with Gasteiger partial charge in [-0.2, -0.15) is 0 Å². The zero-order chi connectivity index (χ0) is 17.5. The predicted molar refractivity (Wildman–Crippen MR) is 105 cm³/mol. The third-order valence-corrected chi connectivity index (χ3v) is 4.41. The lowest BCUT2D eigenvalue weighted by Gasteiger charge is -2.15. The van der Waals surface area contributed by atoms with E-state index in [1.54, 1.807) is 0 Å². The molecule has 0 amide bonds. The molecule has 0 saturated carbocycles. The number of ether oxygens (including phenoxy) is 1. The fourth-order valence-corrected chi connectivity index (χ4v) is 2.85. The second kappa shape index (κ2) is 8.70. The largest absolute Gasteiger partial charge is 0.457 e. The second-order valence-electron chi connectivity index (χ2n) is 6.00. The van der Waals surface area contributed by atoms with Gasteiger partial charge in [-0.3, -0.25) is 0 Å². The van der Waals surface area contributed by atoms with Crippen molar-refractivity contribution >= 4 is 11.6 Å². The molecule has 0 bridgehead atoms. The molecule has 0 radical (unpaired) electrons. The third-order valence-electron chi connectivity index (χ3n) is 4.16. The Labute approximate surface area is 154 Å². The molecule has 3 aromatic rings. The van der Waals surface area contributed by atoms with Gasteiger partial charge in [-0.25, -0.2) is 0 Å². The van der Waals surface area contributed by atoms with Crippen molar-refractivity contribution in [2.75, 3.05) is 6.54 Å². The molecule has 0 heterocycles. The molecule has 128 valence electrons. The van der Waals surface area contributed by atoms with Crippen LogP contribution in [0.5, 0.6) is 11.5 Å². The molecule has 0 unspecified atom stereocenters. The van der Waals surface area contributed by atoms with Crippen LogP contribution in [-0.2, 0) is 6.42 Å². The van der Waals surface area contributed by atoms with Gasteiger partial charge in [-0.05, 0) is 61.3 Å². The van der Waals surface area contributed by atoms with Crippen LogP contribution in [0.25, 0.3) is 0 Å². The molecule has 3 rings (SSSR count). The van der Waals surface area contributed by atoms with Gasteiger partial charge in [-0.1, -0.05) is 60.1 Å². The molecule has 0 fully saturated rings. The summed E-state index contributed by atoms with van der Waals surface area (Å²) in [6, 6.07) is 26.4. The number of hydrogen-bond acceptors (Lipinski definition) is 2. The van der Waals surface area contributed by atoms with Crippen molar-refractivity contribution < 1.29 is 4.74 Å². The Morgan fingerprint density at radius 2 is 1.56 bits per heavy atom. The Kier molecular flexibility index (Phi) is 6.10. The number of benzene rings is 3. The van der Waals surface area contributed by atoms with Gasteiger partial charge in [0.15, 0.2) is 0 Å². The number of nitrogens with one attached hydrogen (secondary N) is 1. The van der Waals surface area contributed by atoms with Crippen molar-refractivity contribution in [3.63, 3.8) is 0 Å². The van der Waals surface area contributed by atoms with E-state index in [1.807, 2.05) is 48.5 Å². The van der Waals surface area contributed by atoms with Crippen LogP contribution in [0.1, 0.15) is 24.1 Å². The molecule has 0 aliphatic heterocycles. The average molecular weight is 352 g/mol. The van der Waals surface area contributed by atoms with E-state index in [1.165, 1.54) is 11.1 Å². The van der Waals surface area contributed by atoms with Gasteiger partial charge < -0.3 is 10.1 Å². The lowest BCUT2D eigenvalue weighted by molar-refractivity contribution is 0.473. The zero-order valence-electron chi connectivity index (χ0n) is 14.3.